The van der Waals surface area contributed by atoms with Gasteiger partial charge in [0.1, 0.15) is 12.2 Å². The molecule has 6 nitrogen and oxygen atoms in total. The molecule has 0 aromatic carbocycles. The molecule has 0 unspecified atom stereocenters. The Kier molecular flexibility index (Phi) is 3.11. The van der Waals surface area contributed by atoms with Gasteiger partial charge in [0.05, 0.1) is 12.6 Å². The first-order valence-corrected chi connectivity index (χ1v) is 5.68. The summed E-state index contributed by atoms with van der Waals surface area (Å²) in [6, 6.07) is 0. The number of rotatable bonds is 3. The Bertz CT molecular complexity index is 543. The highest BCUT2D eigenvalue weighted by Crippen LogP contribution is 2.16. The Morgan fingerprint density at radius 2 is 2.56 bits per heavy atom. The SMILES string of the molecule is COC(=O)Cn1c(-c2cscn2)n[nH]c1=S. The van der Waals surface area contributed by atoms with Crippen LogP contribution in [-0.2, 0) is 16.1 Å². The molecule has 2 aromatic rings. The second kappa shape index (κ2) is 4.54. The number of nitrogens with zero attached hydrogens (tertiary/aromatic N) is 3. The van der Waals surface area contributed by atoms with Crippen LogP contribution in [0.2, 0.25) is 0 Å². The van der Waals surface area contributed by atoms with E-state index >= 15 is 0 Å². The van der Waals surface area contributed by atoms with Gasteiger partial charge in [0.25, 0.3) is 0 Å². The minimum atomic E-state index is -0.381. The zero-order valence-corrected chi connectivity index (χ0v) is 9.97. The van der Waals surface area contributed by atoms with Crippen molar-refractivity contribution in [3.8, 4) is 11.5 Å². The lowest BCUT2D eigenvalue weighted by molar-refractivity contribution is -0.141. The van der Waals surface area contributed by atoms with Gasteiger partial charge in [-0.3, -0.25) is 14.5 Å². The molecule has 0 spiro atoms. The number of ether oxygens (including phenoxy) is 1. The van der Waals surface area contributed by atoms with Crippen molar-refractivity contribution in [3.05, 3.63) is 15.7 Å². The fraction of sp³-hybridized carbons (Fsp3) is 0.250. The maximum atomic E-state index is 11.2. The van der Waals surface area contributed by atoms with Crippen molar-refractivity contribution in [2.75, 3.05) is 7.11 Å². The van der Waals surface area contributed by atoms with Crippen LogP contribution in [0.1, 0.15) is 0 Å². The molecule has 0 radical (unpaired) electrons. The van der Waals surface area contributed by atoms with Gasteiger partial charge in [-0.2, -0.15) is 5.10 Å². The van der Waals surface area contributed by atoms with Gasteiger partial charge in [0.2, 0.25) is 0 Å². The summed E-state index contributed by atoms with van der Waals surface area (Å²) in [5.74, 6) is 0.158. The maximum Gasteiger partial charge on any atom is 0.325 e. The molecule has 0 saturated heterocycles. The van der Waals surface area contributed by atoms with E-state index in [1.165, 1.54) is 18.4 Å². The molecule has 0 amide bonds. The van der Waals surface area contributed by atoms with Gasteiger partial charge in [0.15, 0.2) is 10.6 Å². The molecule has 8 heteroatoms. The van der Waals surface area contributed by atoms with Crippen LogP contribution in [-0.4, -0.2) is 32.8 Å². The average Bonchev–Trinajstić information content (AvgIpc) is 2.89. The van der Waals surface area contributed by atoms with Crippen LogP contribution >= 0.6 is 23.6 Å². The number of carbonyl (C=O) groups excluding carboxylic acids is 1. The van der Waals surface area contributed by atoms with Crippen LogP contribution in [0, 0.1) is 4.77 Å². The van der Waals surface area contributed by atoms with Gasteiger partial charge in [-0.1, -0.05) is 0 Å². The van der Waals surface area contributed by atoms with E-state index in [0.717, 1.165) is 0 Å². The predicted octanol–water partition coefficient (Wildman–Crippen LogP) is 1.24. The number of aromatic nitrogens is 4. The highest BCUT2D eigenvalue weighted by molar-refractivity contribution is 7.71. The van der Waals surface area contributed by atoms with Crippen LogP contribution in [0.4, 0.5) is 0 Å². The molecule has 2 heterocycles. The van der Waals surface area contributed by atoms with Crippen LogP contribution < -0.4 is 0 Å². The molecule has 16 heavy (non-hydrogen) atoms. The van der Waals surface area contributed by atoms with Crippen molar-refractivity contribution in [1.29, 1.82) is 0 Å². The summed E-state index contributed by atoms with van der Waals surface area (Å²) < 4.78 is 6.51. The van der Waals surface area contributed by atoms with E-state index in [4.69, 9.17) is 12.2 Å². The summed E-state index contributed by atoms with van der Waals surface area (Å²) in [7, 11) is 1.33. The molecule has 0 fully saturated rings. The number of hydrogen-bond acceptors (Lipinski definition) is 6. The number of H-pyrrole nitrogens is 1. The number of hydrogen-bond donors (Lipinski definition) is 1. The van der Waals surface area contributed by atoms with Gasteiger partial charge in [0, 0.05) is 5.38 Å². The summed E-state index contributed by atoms with van der Waals surface area (Å²) in [4.78, 5) is 15.3. The monoisotopic (exact) mass is 256 g/mol. The third-order valence-electron chi connectivity index (χ3n) is 1.93. The Balaban J connectivity index is 2.41. The maximum absolute atomic E-state index is 11.2. The Morgan fingerprint density at radius 3 is 3.19 bits per heavy atom. The van der Waals surface area contributed by atoms with Crippen molar-refractivity contribution in [2.45, 2.75) is 6.54 Å². The van der Waals surface area contributed by atoms with E-state index in [9.17, 15) is 4.79 Å². The zero-order valence-electron chi connectivity index (χ0n) is 8.34. The minimum absolute atomic E-state index is 0.0265. The number of aromatic amines is 1. The fourth-order valence-electron chi connectivity index (χ4n) is 1.18. The summed E-state index contributed by atoms with van der Waals surface area (Å²) in [5, 5.41) is 8.49. The number of thiazole rings is 1. The van der Waals surface area contributed by atoms with E-state index in [1.807, 2.05) is 5.38 Å². The second-order valence-electron chi connectivity index (χ2n) is 2.89. The molecular formula is C8H8N4O2S2. The van der Waals surface area contributed by atoms with Crippen molar-refractivity contribution >= 4 is 29.5 Å². The van der Waals surface area contributed by atoms with E-state index in [1.54, 1.807) is 10.1 Å². The molecule has 0 saturated carbocycles. The lowest BCUT2D eigenvalue weighted by Crippen LogP contribution is -2.12. The Hall–Kier alpha value is -1.54. The second-order valence-corrected chi connectivity index (χ2v) is 3.99. The Labute approximate surface area is 99.9 Å². The van der Waals surface area contributed by atoms with Gasteiger partial charge >= 0.3 is 5.97 Å². The molecule has 84 valence electrons. The molecule has 1 N–H and O–H groups in total. The van der Waals surface area contributed by atoms with E-state index in [2.05, 4.69) is 19.9 Å². The van der Waals surface area contributed by atoms with Crippen molar-refractivity contribution < 1.29 is 9.53 Å². The summed E-state index contributed by atoms with van der Waals surface area (Å²) >= 11 is 6.47. The molecule has 0 aliphatic carbocycles. The zero-order chi connectivity index (χ0) is 11.5. The number of nitrogens with one attached hydrogen (secondary N) is 1. The largest absolute Gasteiger partial charge is 0.468 e. The summed E-state index contributed by atoms with van der Waals surface area (Å²) in [6.07, 6.45) is 0. The van der Waals surface area contributed by atoms with E-state index in [0.29, 0.717) is 16.3 Å². The van der Waals surface area contributed by atoms with Crippen LogP contribution in [0.3, 0.4) is 0 Å². The minimum Gasteiger partial charge on any atom is -0.468 e. The molecule has 0 bridgehead atoms. The number of methoxy groups -OCH3 is 1. The smallest absolute Gasteiger partial charge is 0.325 e. The van der Waals surface area contributed by atoms with Gasteiger partial charge < -0.3 is 4.74 Å². The summed E-state index contributed by atoms with van der Waals surface area (Å²) in [6.45, 7) is 0.0265. The van der Waals surface area contributed by atoms with Crippen molar-refractivity contribution in [1.82, 2.24) is 19.7 Å². The van der Waals surface area contributed by atoms with E-state index < -0.39 is 0 Å². The van der Waals surface area contributed by atoms with Crippen molar-refractivity contribution in [2.24, 2.45) is 0 Å². The number of carbonyl (C=O) groups is 1. The lowest BCUT2D eigenvalue weighted by Gasteiger charge is -2.02. The molecule has 0 atom stereocenters. The normalized spacial score (nSPS) is 10.3. The highest BCUT2D eigenvalue weighted by atomic mass is 32.1. The van der Waals surface area contributed by atoms with Crippen LogP contribution in [0.5, 0.6) is 0 Å². The third-order valence-corrected chi connectivity index (χ3v) is 2.83. The van der Waals surface area contributed by atoms with E-state index in [-0.39, 0.29) is 12.5 Å². The quantitative estimate of drug-likeness (QED) is 0.660. The first kappa shape index (κ1) is 11.0. The standard InChI is InChI=1S/C8H8N4O2S2/c1-14-6(13)2-12-7(10-11-8(12)15)5-3-16-4-9-5/h3-4H,2H2,1H3,(H,11,15). The first-order chi connectivity index (χ1) is 7.72. The average molecular weight is 256 g/mol. The lowest BCUT2D eigenvalue weighted by atomic mass is 10.4. The van der Waals surface area contributed by atoms with Crippen LogP contribution in [0.15, 0.2) is 10.9 Å². The van der Waals surface area contributed by atoms with Crippen molar-refractivity contribution in [3.63, 3.8) is 0 Å². The predicted molar refractivity (Wildman–Crippen MR) is 60.5 cm³/mol. The van der Waals surface area contributed by atoms with Gasteiger partial charge in [-0.05, 0) is 12.2 Å². The van der Waals surface area contributed by atoms with Gasteiger partial charge in [-0.15, -0.1) is 11.3 Å². The molecule has 2 aromatic heterocycles. The molecule has 0 aliphatic rings. The summed E-state index contributed by atoms with van der Waals surface area (Å²) in [5.41, 5.74) is 2.37. The number of esters is 1. The topological polar surface area (TPSA) is 72.8 Å². The Morgan fingerprint density at radius 1 is 1.75 bits per heavy atom. The molecular weight excluding hydrogens is 248 g/mol. The van der Waals surface area contributed by atoms with Gasteiger partial charge in [-0.25, -0.2) is 4.98 Å². The molecule has 2 rings (SSSR count). The highest BCUT2D eigenvalue weighted by Gasteiger charge is 2.13. The first-order valence-electron chi connectivity index (χ1n) is 4.33. The fourth-order valence-corrected chi connectivity index (χ4v) is 1.90. The third kappa shape index (κ3) is 2.02. The van der Waals surface area contributed by atoms with Crippen LogP contribution in [0.25, 0.3) is 11.5 Å². The molecule has 0 aliphatic heterocycles.